The molecule has 2 amide bonds. The van der Waals surface area contributed by atoms with E-state index in [2.05, 4.69) is 11.8 Å². The Morgan fingerprint density at radius 1 is 1.04 bits per heavy atom. The monoisotopic (exact) mass is 325 g/mol. The van der Waals surface area contributed by atoms with Crippen LogP contribution >= 0.6 is 0 Å². The molecule has 2 rings (SSSR count). The minimum Gasteiger partial charge on any atom is -0.450 e. The fourth-order valence-corrected chi connectivity index (χ4v) is 3.93. The number of ether oxygens (including phenoxy) is 1. The lowest BCUT2D eigenvalue weighted by molar-refractivity contribution is -0.132. The molecule has 0 aliphatic carbocycles. The second-order valence-electron chi connectivity index (χ2n) is 6.49. The second kappa shape index (κ2) is 8.52. The minimum atomic E-state index is -0.176. The van der Waals surface area contributed by atoms with Crippen molar-refractivity contribution in [2.75, 3.05) is 39.3 Å². The van der Waals surface area contributed by atoms with Gasteiger partial charge in [-0.05, 0) is 39.5 Å². The molecule has 2 fully saturated rings. The highest BCUT2D eigenvalue weighted by Crippen LogP contribution is 2.23. The summed E-state index contributed by atoms with van der Waals surface area (Å²) in [6, 6.07) is 0.961. The number of rotatable bonds is 4. The highest BCUT2D eigenvalue weighted by molar-refractivity contribution is 5.73. The minimum absolute atomic E-state index is 0.176. The summed E-state index contributed by atoms with van der Waals surface area (Å²) in [5.74, 6) is 0.189. The van der Waals surface area contributed by atoms with E-state index in [4.69, 9.17) is 4.74 Å². The third-order valence-corrected chi connectivity index (χ3v) is 5.19. The van der Waals surface area contributed by atoms with Crippen LogP contribution in [0.3, 0.4) is 0 Å². The molecule has 0 aromatic carbocycles. The van der Waals surface area contributed by atoms with E-state index in [1.807, 2.05) is 16.7 Å². The number of piperidine rings is 2. The molecule has 0 aromatic heterocycles. The molecule has 132 valence electrons. The zero-order valence-corrected chi connectivity index (χ0v) is 14.8. The van der Waals surface area contributed by atoms with Gasteiger partial charge in [-0.3, -0.25) is 4.79 Å². The van der Waals surface area contributed by atoms with E-state index in [1.54, 1.807) is 6.92 Å². The molecule has 0 aromatic rings. The number of hydrogen-bond acceptors (Lipinski definition) is 4. The smallest absolute Gasteiger partial charge is 0.409 e. The average molecular weight is 325 g/mol. The van der Waals surface area contributed by atoms with E-state index in [0.29, 0.717) is 18.7 Å². The third kappa shape index (κ3) is 4.59. The number of hydrogen-bond donors (Lipinski definition) is 0. The van der Waals surface area contributed by atoms with Crippen LogP contribution < -0.4 is 0 Å². The van der Waals surface area contributed by atoms with Crippen LogP contribution in [0.15, 0.2) is 0 Å². The van der Waals surface area contributed by atoms with E-state index in [0.717, 1.165) is 58.4 Å². The first-order chi connectivity index (χ1) is 11.1. The average Bonchev–Trinajstić information content (AvgIpc) is 2.56. The van der Waals surface area contributed by atoms with E-state index in [9.17, 15) is 9.59 Å². The van der Waals surface area contributed by atoms with Gasteiger partial charge in [0.05, 0.1) is 6.61 Å². The Kier molecular flexibility index (Phi) is 6.69. The Morgan fingerprint density at radius 3 is 2.13 bits per heavy atom. The van der Waals surface area contributed by atoms with E-state index < -0.39 is 0 Å². The van der Waals surface area contributed by atoms with Gasteiger partial charge in [0.1, 0.15) is 0 Å². The predicted molar refractivity (Wildman–Crippen MR) is 89.3 cm³/mol. The Balaban J connectivity index is 1.76. The number of likely N-dealkylation sites (tertiary alicyclic amines) is 2. The maximum absolute atomic E-state index is 11.7. The first kappa shape index (κ1) is 18.0. The Bertz CT molecular complexity index is 400. The summed E-state index contributed by atoms with van der Waals surface area (Å²) in [5, 5.41) is 0. The summed E-state index contributed by atoms with van der Waals surface area (Å²) < 4.78 is 5.07. The van der Waals surface area contributed by atoms with Crippen molar-refractivity contribution in [3.05, 3.63) is 0 Å². The van der Waals surface area contributed by atoms with Crippen molar-refractivity contribution in [3.63, 3.8) is 0 Å². The fourth-order valence-electron chi connectivity index (χ4n) is 3.93. The van der Waals surface area contributed by atoms with Gasteiger partial charge in [0.15, 0.2) is 0 Å². The van der Waals surface area contributed by atoms with Gasteiger partial charge in [-0.2, -0.15) is 0 Å². The van der Waals surface area contributed by atoms with Gasteiger partial charge >= 0.3 is 6.09 Å². The maximum atomic E-state index is 11.7. The van der Waals surface area contributed by atoms with Gasteiger partial charge in [0.2, 0.25) is 5.91 Å². The van der Waals surface area contributed by atoms with Crippen LogP contribution in [0.2, 0.25) is 0 Å². The maximum Gasteiger partial charge on any atom is 0.409 e. The standard InChI is InChI=1S/C17H31N3O3/c1-4-20(14(3)21)16-8-10-18(11-9-16)15-6-12-19(13-7-15)17(22)23-5-2/h15-16H,4-13H2,1-3H3. The number of carbonyl (C=O) groups is 2. The molecule has 0 radical (unpaired) electrons. The highest BCUT2D eigenvalue weighted by atomic mass is 16.6. The molecular formula is C17H31N3O3. The van der Waals surface area contributed by atoms with Crippen LogP contribution in [0.25, 0.3) is 0 Å². The molecule has 23 heavy (non-hydrogen) atoms. The molecule has 2 heterocycles. The van der Waals surface area contributed by atoms with Crippen molar-refractivity contribution in [1.29, 1.82) is 0 Å². The Hall–Kier alpha value is -1.30. The van der Waals surface area contributed by atoms with Gasteiger partial charge < -0.3 is 19.4 Å². The number of nitrogens with zero attached hydrogens (tertiary/aromatic N) is 3. The molecule has 6 nitrogen and oxygen atoms in total. The lowest BCUT2D eigenvalue weighted by Gasteiger charge is -2.43. The zero-order valence-electron chi connectivity index (χ0n) is 14.8. The van der Waals surface area contributed by atoms with E-state index in [-0.39, 0.29) is 12.0 Å². The SMILES string of the molecule is CCOC(=O)N1CCC(N2CCC(N(CC)C(C)=O)CC2)CC1. The molecule has 2 saturated heterocycles. The summed E-state index contributed by atoms with van der Waals surface area (Å²) in [7, 11) is 0. The summed E-state index contributed by atoms with van der Waals surface area (Å²) in [5.41, 5.74) is 0. The number of carbonyl (C=O) groups excluding carboxylic acids is 2. The van der Waals surface area contributed by atoms with Gasteiger partial charge in [0, 0.05) is 51.7 Å². The topological polar surface area (TPSA) is 53.1 Å². The molecule has 0 saturated carbocycles. The lowest BCUT2D eigenvalue weighted by Crippen LogP contribution is -2.52. The van der Waals surface area contributed by atoms with Gasteiger partial charge in [-0.25, -0.2) is 4.79 Å². The molecule has 0 atom stereocenters. The van der Waals surface area contributed by atoms with Crippen LogP contribution in [0.5, 0.6) is 0 Å². The largest absolute Gasteiger partial charge is 0.450 e. The molecular weight excluding hydrogens is 294 g/mol. The van der Waals surface area contributed by atoms with Crippen molar-refractivity contribution in [3.8, 4) is 0 Å². The zero-order chi connectivity index (χ0) is 16.8. The van der Waals surface area contributed by atoms with Crippen LogP contribution in [0.4, 0.5) is 4.79 Å². The molecule has 0 bridgehead atoms. The lowest BCUT2D eigenvalue weighted by atomic mass is 9.97. The fraction of sp³-hybridized carbons (Fsp3) is 0.882. The molecule has 2 aliphatic heterocycles. The van der Waals surface area contributed by atoms with Crippen LogP contribution in [-0.2, 0) is 9.53 Å². The first-order valence-corrected chi connectivity index (χ1v) is 8.99. The van der Waals surface area contributed by atoms with Crippen molar-refractivity contribution in [1.82, 2.24) is 14.7 Å². The Morgan fingerprint density at radius 2 is 1.65 bits per heavy atom. The van der Waals surface area contributed by atoms with Crippen molar-refractivity contribution in [2.45, 2.75) is 58.5 Å². The Labute approximate surface area is 139 Å². The highest BCUT2D eigenvalue weighted by Gasteiger charge is 2.31. The van der Waals surface area contributed by atoms with E-state index >= 15 is 0 Å². The number of amides is 2. The van der Waals surface area contributed by atoms with Crippen LogP contribution in [-0.4, -0.2) is 78.1 Å². The third-order valence-electron chi connectivity index (χ3n) is 5.19. The molecule has 0 spiro atoms. The van der Waals surface area contributed by atoms with Gasteiger partial charge in [0.25, 0.3) is 0 Å². The summed E-state index contributed by atoms with van der Waals surface area (Å²) >= 11 is 0. The van der Waals surface area contributed by atoms with Crippen LogP contribution in [0, 0.1) is 0 Å². The van der Waals surface area contributed by atoms with Gasteiger partial charge in [-0.1, -0.05) is 0 Å². The van der Waals surface area contributed by atoms with Crippen LogP contribution in [0.1, 0.15) is 46.5 Å². The predicted octanol–water partition coefficient (Wildman–Crippen LogP) is 1.94. The molecule has 6 heteroatoms. The van der Waals surface area contributed by atoms with Gasteiger partial charge in [-0.15, -0.1) is 0 Å². The summed E-state index contributed by atoms with van der Waals surface area (Å²) in [6.07, 6.45) is 3.99. The van der Waals surface area contributed by atoms with Crippen molar-refractivity contribution < 1.29 is 14.3 Å². The normalized spacial score (nSPS) is 21.3. The second-order valence-corrected chi connectivity index (χ2v) is 6.49. The molecule has 2 aliphatic rings. The summed E-state index contributed by atoms with van der Waals surface area (Å²) in [4.78, 5) is 29.8. The van der Waals surface area contributed by atoms with E-state index in [1.165, 1.54) is 0 Å². The first-order valence-electron chi connectivity index (χ1n) is 8.99. The van der Waals surface area contributed by atoms with Crippen molar-refractivity contribution in [2.24, 2.45) is 0 Å². The summed E-state index contributed by atoms with van der Waals surface area (Å²) in [6.45, 7) is 10.5. The van der Waals surface area contributed by atoms with Crippen molar-refractivity contribution >= 4 is 12.0 Å². The quantitative estimate of drug-likeness (QED) is 0.793. The molecule has 0 unspecified atom stereocenters. The molecule has 0 N–H and O–H groups in total.